The minimum atomic E-state index is -4.04. The number of fused-ring (bicyclic) bond motifs is 3. The molecule has 170 valence electrons. The molecule has 3 aliphatic rings. The molecule has 2 aromatic rings. The summed E-state index contributed by atoms with van der Waals surface area (Å²) in [5, 5.41) is 13.2. The summed E-state index contributed by atoms with van der Waals surface area (Å²) in [6, 6.07) is 10.2. The highest BCUT2D eigenvalue weighted by Crippen LogP contribution is 2.55. The zero-order valence-electron chi connectivity index (χ0n) is 17.9. The van der Waals surface area contributed by atoms with E-state index in [-0.39, 0.29) is 27.9 Å². The molecular formula is C23H27N3O5S. The van der Waals surface area contributed by atoms with E-state index in [0.717, 1.165) is 38.0 Å². The summed E-state index contributed by atoms with van der Waals surface area (Å²) >= 11 is 0. The van der Waals surface area contributed by atoms with Crippen LogP contribution in [-0.2, 0) is 10.0 Å². The van der Waals surface area contributed by atoms with Gasteiger partial charge in [0, 0.05) is 25.0 Å². The van der Waals surface area contributed by atoms with Crippen molar-refractivity contribution in [1.82, 2.24) is 4.90 Å². The molecule has 3 N–H and O–H groups in total. The highest BCUT2D eigenvalue weighted by atomic mass is 32.2. The van der Waals surface area contributed by atoms with Crippen molar-refractivity contribution in [3.05, 3.63) is 47.5 Å². The zero-order chi connectivity index (χ0) is 22.5. The minimum Gasteiger partial charge on any atom is -0.492 e. The number of para-hydroxylation sites is 1. The van der Waals surface area contributed by atoms with Crippen molar-refractivity contribution in [2.45, 2.75) is 36.6 Å². The van der Waals surface area contributed by atoms with Crippen molar-refractivity contribution in [1.29, 1.82) is 0 Å². The average molecular weight is 458 g/mol. The third kappa shape index (κ3) is 3.80. The zero-order valence-corrected chi connectivity index (χ0v) is 18.7. The molecule has 0 unspecified atom stereocenters. The monoisotopic (exact) mass is 457 g/mol. The SMILES string of the molecule is CCN1CC[C@H](Nc2ccccc2S(=O)(=O)Nc2ccc3c(c2C(=O)O)OC[C@@H]2C[C@H]32)C1. The Morgan fingerprint density at radius 2 is 2.03 bits per heavy atom. The van der Waals surface area contributed by atoms with Gasteiger partial charge < -0.3 is 20.1 Å². The lowest BCUT2D eigenvalue weighted by Gasteiger charge is -2.22. The molecule has 32 heavy (non-hydrogen) atoms. The number of nitrogens with one attached hydrogen (secondary N) is 2. The number of anilines is 2. The van der Waals surface area contributed by atoms with Crippen LogP contribution in [0.3, 0.4) is 0 Å². The number of hydrogen-bond donors (Lipinski definition) is 3. The molecule has 8 nitrogen and oxygen atoms in total. The molecule has 0 bridgehead atoms. The first-order valence-electron chi connectivity index (χ1n) is 11.0. The molecule has 2 heterocycles. The third-order valence-electron chi connectivity index (χ3n) is 6.67. The number of carboxylic acids is 1. The number of hydrogen-bond acceptors (Lipinski definition) is 6. The summed E-state index contributed by atoms with van der Waals surface area (Å²) in [5.74, 6) is -0.186. The lowest BCUT2D eigenvalue weighted by molar-refractivity contribution is 0.0692. The van der Waals surface area contributed by atoms with Crippen LogP contribution in [0.4, 0.5) is 11.4 Å². The molecule has 2 aliphatic heterocycles. The fourth-order valence-electron chi connectivity index (χ4n) is 4.82. The van der Waals surface area contributed by atoms with Crippen molar-refractivity contribution >= 4 is 27.4 Å². The largest absolute Gasteiger partial charge is 0.492 e. The van der Waals surface area contributed by atoms with Gasteiger partial charge in [0.15, 0.2) is 0 Å². The first-order chi connectivity index (χ1) is 15.4. The van der Waals surface area contributed by atoms with Crippen LogP contribution in [0.2, 0.25) is 0 Å². The Balaban J connectivity index is 1.45. The fraction of sp³-hybridized carbons (Fsp3) is 0.435. The van der Waals surface area contributed by atoms with E-state index in [1.54, 1.807) is 24.3 Å². The predicted octanol–water partition coefficient (Wildman–Crippen LogP) is 3.19. The average Bonchev–Trinajstić information content (AvgIpc) is 3.43. The number of carbonyl (C=O) groups is 1. The molecule has 9 heteroatoms. The minimum absolute atomic E-state index is 0.0168. The van der Waals surface area contributed by atoms with Gasteiger partial charge in [-0.2, -0.15) is 0 Å². The number of sulfonamides is 1. The van der Waals surface area contributed by atoms with Crippen molar-refractivity contribution < 1.29 is 23.1 Å². The molecule has 1 saturated carbocycles. The number of likely N-dealkylation sites (tertiary alicyclic amines) is 1. The highest BCUT2D eigenvalue weighted by molar-refractivity contribution is 7.92. The molecule has 5 rings (SSSR count). The van der Waals surface area contributed by atoms with Gasteiger partial charge in [0.25, 0.3) is 10.0 Å². The summed E-state index contributed by atoms with van der Waals surface area (Å²) < 4.78 is 34.9. The van der Waals surface area contributed by atoms with Gasteiger partial charge in [-0.1, -0.05) is 25.1 Å². The molecule has 0 spiro atoms. The Labute approximate surface area is 187 Å². The highest BCUT2D eigenvalue weighted by Gasteiger charge is 2.45. The summed E-state index contributed by atoms with van der Waals surface area (Å²) in [5.41, 5.74) is 1.25. The van der Waals surface area contributed by atoms with Crippen LogP contribution in [0.25, 0.3) is 0 Å². The van der Waals surface area contributed by atoms with E-state index < -0.39 is 16.0 Å². The van der Waals surface area contributed by atoms with E-state index in [1.165, 1.54) is 12.1 Å². The van der Waals surface area contributed by atoms with Gasteiger partial charge >= 0.3 is 5.97 Å². The van der Waals surface area contributed by atoms with Crippen molar-refractivity contribution in [2.75, 3.05) is 36.3 Å². The second-order valence-corrected chi connectivity index (χ2v) is 10.4. The van der Waals surface area contributed by atoms with Crippen LogP contribution >= 0.6 is 0 Å². The van der Waals surface area contributed by atoms with Gasteiger partial charge in [-0.25, -0.2) is 13.2 Å². The lowest BCUT2D eigenvalue weighted by atomic mass is 10.0. The molecule has 1 saturated heterocycles. The van der Waals surface area contributed by atoms with Crippen LogP contribution < -0.4 is 14.8 Å². The molecule has 2 aromatic carbocycles. The van der Waals surface area contributed by atoms with Gasteiger partial charge in [0.2, 0.25) is 0 Å². The van der Waals surface area contributed by atoms with E-state index in [2.05, 4.69) is 21.9 Å². The second-order valence-electron chi connectivity index (χ2n) is 8.75. The van der Waals surface area contributed by atoms with E-state index in [0.29, 0.717) is 24.1 Å². The summed E-state index contributed by atoms with van der Waals surface area (Å²) in [4.78, 5) is 14.5. The van der Waals surface area contributed by atoms with Crippen molar-refractivity contribution in [2.24, 2.45) is 5.92 Å². The van der Waals surface area contributed by atoms with Gasteiger partial charge in [-0.3, -0.25) is 4.72 Å². The summed E-state index contributed by atoms with van der Waals surface area (Å²) in [6.07, 6.45) is 1.91. The Morgan fingerprint density at radius 3 is 2.78 bits per heavy atom. The smallest absolute Gasteiger partial charge is 0.341 e. The molecule has 0 amide bonds. The molecule has 1 aliphatic carbocycles. The van der Waals surface area contributed by atoms with Crippen LogP contribution in [0, 0.1) is 5.92 Å². The Bertz CT molecular complexity index is 1170. The molecule has 0 radical (unpaired) electrons. The standard InChI is InChI=1S/C23H27N3O5S/c1-2-26-10-9-15(12-26)24-18-5-3-4-6-20(18)32(29,30)25-19-8-7-16-17-11-14(17)13-31-22(16)21(19)23(27)28/h3-8,14-15,17,24-25H,2,9-13H2,1H3,(H,27,28)/t14-,15-,17-/m0/s1. The first-order valence-corrected chi connectivity index (χ1v) is 12.5. The fourth-order valence-corrected chi connectivity index (χ4v) is 6.07. The van der Waals surface area contributed by atoms with Crippen LogP contribution in [0.15, 0.2) is 41.3 Å². The van der Waals surface area contributed by atoms with Crippen LogP contribution in [0.1, 0.15) is 41.6 Å². The number of likely N-dealkylation sites (N-methyl/N-ethyl adjacent to an activating group) is 1. The van der Waals surface area contributed by atoms with E-state index >= 15 is 0 Å². The molecular weight excluding hydrogens is 430 g/mol. The lowest BCUT2D eigenvalue weighted by Crippen LogP contribution is -2.27. The normalized spacial score (nSPS) is 24.2. The number of carboxylic acid groups (broad SMARTS) is 1. The summed E-state index contributed by atoms with van der Waals surface area (Å²) in [6.45, 7) is 5.36. The van der Waals surface area contributed by atoms with Gasteiger partial charge in [0.05, 0.1) is 18.0 Å². The van der Waals surface area contributed by atoms with Gasteiger partial charge in [-0.05, 0) is 49.1 Å². The number of nitrogens with zero attached hydrogens (tertiary/aromatic N) is 1. The maximum Gasteiger partial charge on any atom is 0.341 e. The topological polar surface area (TPSA) is 108 Å². The number of aromatic carboxylic acids is 1. The van der Waals surface area contributed by atoms with Crippen molar-refractivity contribution in [3.63, 3.8) is 0 Å². The first kappa shape index (κ1) is 21.1. The second kappa shape index (κ2) is 7.97. The molecule has 0 aromatic heterocycles. The maximum atomic E-state index is 13.3. The number of benzene rings is 2. The van der Waals surface area contributed by atoms with E-state index in [4.69, 9.17) is 4.74 Å². The summed E-state index contributed by atoms with van der Waals surface area (Å²) in [7, 11) is -4.04. The molecule has 2 fully saturated rings. The number of rotatable bonds is 7. The van der Waals surface area contributed by atoms with Gasteiger partial charge in [0.1, 0.15) is 16.2 Å². The predicted molar refractivity (Wildman–Crippen MR) is 121 cm³/mol. The molecule has 3 atom stereocenters. The Kier molecular flexibility index (Phi) is 5.25. The number of ether oxygens (including phenoxy) is 1. The quantitative estimate of drug-likeness (QED) is 0.586. The van der Waals surface area contributed by atoms with Crippen LogP contribution in [-0.4, -0.2) is 56.7 Å². The Morgan fingerprint density at radius 1 is 1.22 bits per heavy atom. The van der Waals surface area contributed by atoms with Gasteiger partial charge in [-0.15, -0.1) is 0 Å². The van der Waals surface area contributed by atoms with Crippen molar-refractivity contribution in [3.8, 4) is 5.75 Å². The van der Waals surface area contributed by atoms with Crippen LogP contribution in [0.5, 0.6) is 5.75 Å². The Hall–Kier alpha value is -2.78. The third-order valence-corrected chi connectivity index (χ3v) is 8.09. The maximum absolute atomic E-state index is 13.3. The van der Waals surface area contributed by atoms with E-state index in [1.807, 2.05) is 0 Å². The van der Waals surface area contributed by atoms with E-state index in [9.17, 15) is 18.3 Å².